The number of rotatable bonds is 4. The van der Waals surface area contributed by atoms with Crippen LogP contribution in [0.4, 0.5) is 0 Å². The zero-order valence-electron chi connectivity index (χ0n) is 13.1. The second-order valence-electron chi connectivity index (χ2n) is 6.39. The monoisotopic (exact) mass is 287 g/mol. The lowest BCUT2D eigenvalue weighted by Crippen LogP contribution is -2.43. The molecule has 1 aliphatic rings. The first-order valence-corrected chi connectivity index (χ1v) is 7.93. The van der Waals surface area contributed by atoms with Crippen LogP contribution in [-0.2, 0) is 7.05 Å². The summed E-state index contributed by atoms with van der Waals surface area (Å²) in [4.78, 5) is 4.52. The molecule has 4 heteroatoms. The molecular formula is C17H25N3O. The van der Waals surface area contributed by atoms with Crippen molar-refractivity contribution >= 4 is 0 Å². The molecule has 1 fully saturated rings. The molecular weight excluding hydrogens is 262 g/mol. The van der Waals surface area contributed by atoms with Gasteiger partial charge in [0.1, 0.15) is 17.6 Å². The molecule has 4 atom stereocenters. The third-order valence-electron chi connectivity index (χ3n) is 5.03. The van der Waals surface area contributed by atoms with Gasteiger partial charge in [0.25, 0.3) is 0 Å². The molecule has 4 nitrogen and oxygen atoms in total. The van der Waals surface area contributed by atoms with E-state index < -0.39 is 0 Å². The third kappa shape index (κ3) is 2.91. The topological polar surface area (TPSA) is 43.0 Å². The second kappa shape index (κ2) is 6.06. The van der Waals surface area contributed by atoms with Gasteiger partial charge in [-0.2, -0.15) is 0 Å². The number of aryl methyl sites for hydroxylation is 1. The van der Waals surface area contributed by atoms with E-state index in [1.807, 2.05) is 31.6 Å². The molecule has 2 aromatic rings. The number of aromatic nitrogens is 2. The normalized spacial score (nSPS) is 27.7. The van der Waals surface area contributed by atoms with Crippen LogP contribution in [-0.4, -0.2) is 15.6 Å². The van der Waals surface area contributed by atoms with E-state index in [1.165, 1.54) is 19.3 Å². The SMILES string of the molecule is CC1CCCC(NC(c2ccco2)c2nccn2C)C1C. The summed E-state index contributed by atoms with van der Waals surface area (Å²) in [5.41, 5.74) is 0. The molecule has 21 heavy (non-hydrogen) atoms. The minimum absolute atomic E-state index is 0.0257. The zero-order chi connectivity index (χ0) is 14.8. The van der Waals surface area contributed by atoms with Crippen LogP contribution >= 0.6 is 0 Å². The maximum atomic E-state index is 5.66. The van der Waals surface area contributed by atoms with Crippen molar-refractivity contribution in [2.75, 3.05) is 0 Å². The van der Waals surface area contributed by atoms with Gasteiger partial charge in [0.05, 0.1) is 6.26 Å². The van der Waals surface area contributed by atoms with E-state index >= 15 is 0 Å². The number of hydrogen-bond acceptors (Lipinski definition) is 3. The first-order valence-electron chi connectivity index (χ1n) is 7.93. The van der Waals surface area contributed by atoms with Crippen molar-refractivity contribution in [3.8, 4) is 0 Å². The molecule has 114 valence electrons. The van der Waals surface area contributed by atoms with E-state index in [2.05, 4.69) is 28.7 Å². The first-order chi connectivity index (χ1) is 10.2. The lowest BCUT2D eigenvalue weighted by Gasteiger charge is -2.36. The van der Waals surface area contributed by atoms with E-state index in [1.54, 1.807) is 6.26 Å². The molecule has 2 aromatic heterocycles. The summed E-state index contributed by atoms with van der Waals surface area (Å²) in [6.07, 6.45) is 9.44. The fourth-order valence-electron chi connectivity index (χ4n) is 3.43. The van der Waals surface area contributed by atoms with Crippen molar-refractivity contribution < 1.29 is 4.42 Å². The highest BCUT2D eigenvalue weighted by Gasteiger charge is 2.31. The predicted molar refractivity (Wildman–Crippen MR) is 82.9 cm³/mol. The van der Waals surface area contributed by atoms with Crippen molar-refractivity contribution in [2.24, 2.45) is 18.9 Å². The minimum Gasteiger partial charge on any atom is -0.467 e. The number of nitrogens with zero attached hydrogens (tertiary/aromatic N) is 2. The van der Waals surface area contributed by atoms with Crippen molar-refractivity contribution in [1.82, 2.24) is 14.9 Å². The predicted octanol–water partition coefficient (Wildman–Crippen LogP) is 3.52. The Morgan fingerprint density at radius 1 is 1.38 bits per heavy atom. The summed E-state index contributed by atoms with van der Waals surface area (Å²) in [5, 5.41) is 3.80. The fourth-order valence-corrected chi connectivity index (χ4v) is 3.43. The number of furan rings is 1. The second-order valence-corrected chi connectivity index (χ2v) is 6.39. The number of nitrogens with one attached hydrogen (secondary N) is 1. The van der Waals surface area contributed by atoms with Crippen LogP contribution in [0.2, 0.25) is 0 Å². The molecule has 1 N–H and O–H groups in total. The van der Waals surface area contributed by atoms with E-state index in [0.29, 0.717) is 12.0 Å². The van der Waals surface area contributed by atoms with E-state index in [-0.39, 0.29) is 6.04 Å². The lowest BCUT2D eigenvalue weighted by atomic mass is 9.77. The number of hydrogen-bond donors (Lipinski definition) is 1. The van der Waals surface area contributed by atoms with Crippen LogP contribution in [0.15, 0.2) is 35.2 Å². The van der Waals surface area contributed by atoms with Crippen molar-refractivity contribution in [2.45, 2.75) is 45.2 Å². The summed E-state index contributed by atoms with van der Waals surface area (Å²) in [6, 6.07) is 4.52. The Labute approximate surface area is 126 Å². The van der Waals surface area contributed by atoms with Crippen LogP contribution in [0.25, 0.3) is 0 Å². The summed E-state index contributed by atoms with van der Waals surface area (Å²) < 4.78 is 7.73. The molecule has 0 bridgehead atoms. The third-order valence-corrected chi connectivity index (χ3v) is 5.03. The van der Waals surface area contributed by atoms with Crippen molar-refractivity contribution in [3.05, 3.63) is 42.4 Å². The fraction of sp³-hybridized carbons (Fsp3) is 0.588. The summed E-state index contributed by atoms with van der Waals surface area (Å²) in [6.45, 7) is 4.72. The lowest BCUT2D eigenvalue weighted by molar-refractivity contribution is 0.192. The average Bonchev–Trinajstić information content (AvgIpc) is 3.12. The standard InChI is InChI=1S/C17H25N3O/c1-12-6-4-7-14(13(12)2)19-16(15-8-5-11-21-15)17-18-9-10-20(17)3/h5,8-14,16,19H,4,6-7H2,1-3H3. The summed E-state index contributed by atoms with van der Waals surface area (Å²) in [7, 11) is 2.03. The average molecular weight is 287 g/mol. The molecule has 3 rings (SSSR count). The van der Waals surface area contributed by atoms with Gasteiger partial charge in [-0.1, -0.05) is 26.7 Å². The molecule has 0 spiro atoms. The van der Waals surface area contributed by atoms with Gasteiger partial charge in [0.15, 0.2) is 0 Å². The highest BCUT2D eigenvalue weighted by Crippen LogP contribution is 2.32. The molecule has 0 amide bonds. The highest BCUT2D eigenvalue weighted by atomic mass is 16.3. The Morgan fingerprint density at radius 2 is 2.24 bits per heavy atom. The highest BCUT2D eigenvalue weighted by molar-refractivity contribution is 5.16. The summed E-state index contributed by atoms with van der Waals surface area (Å²) >= 11 is 0. The van der Waals surface area contributed by atoms with Gasteiger partial charge in [-0.3, -0.25) is 5.32 Å². The molecule has 1 aliphatic carbocycles. The van der Waals surface area contributed by atoms with Gasteiger partial charge in [-0.15, -0.1) is 0 Å². The van der Waals surface area contributed by atoms with Gasteiger partial charge < -0.3 is 8.98 Å². The summed E-state index contributed by atoms with van der Waals surface area (Å²) in [5.74, 6) is 3.40. The molecule has 0 saturated heterocycles. The molecule has 0 aliphatic heterocycles. The Hall–Kier alpha value is -1.55. The number of imidazole rings is 1. The molecule has 4 unspecified atom stereocenters. The van der Waals surface area contributed by atoms with Gasteiger partial charge >= 0.3 is 0 Å². The molecule has 1 saturated carbocycles. The Kier molecular flexibility index (Phi) is 4.15. The largest absolute Gasteiger partial charge is 0.467 e. The van der Waals surface area contributed by atoms with Gasteiger partial charge in [-0.25, -0.2) is 4.98 Å². The maximum absolute atomic E-state index is 5.66. The molecule has 0 aromatic carbocycles. The van der Waals surface area contributed by atoms with Crippen LogP contribution in [0.3, 0.4) is 0 Å². The van der Waals surface area contributed by atoms with Crippen molar-refractivity contribution in [3.63, 3.8) is 0 Å². The van der Waals surface area contributed by atoms with Crippen LogP contribution in [0.1, 0.15) is 50.7 Å². The van der Waals surface area contributed by atoms with Crippen LogP contribution < -0.4 is 5.32 Å². The maximum Gasteiger partial charge on any atom is 0.133 e. The molecule has 2 heterocycles. The smallest absolute Gasteiger partial charge is 0.133 e. The van der Waals surface area contributed by atoms with Crippen LogP contribution in [0.5, 0.6) is 0 Å². The van der Waals surface area contributed by atoms with Gasteiger partial charge in [0, 0.05) is 25.5 Å². The van der Waals surface area contributed by atoms with Crippen LogP contribution in [0, 0.1) is 11.8 Å². The first kappa shape index (κ1) is 14.4. The van der Waals surface area contributed by atoms with Gasteiger partial charge in [0.2, 0.25) is 0 Å². The van der Waals surface area contributed by atoms with E-state index in [0.717, 1.165) is 17.5 Å². The zero-order valence-corrected chi connectivity index (χ0v) is 13.1. The van der Waals surface area contributed by atoms with Gasteiger partial charge in [-0.05, 0) is 30.4 Å². The Bertz CT molecular complexity index is 560. The minimum atomic E-state index is 0.0257. The Morgan fingerprint density at radius 3 is 2.90 bits per heavy atom. The van der Waals surface area contributed by atoms with Crippen molar-refractivity contribution in [1.29, 1.82) is 0 Å². The molecule has 0 radical (unpaired) electrons. The quantitative estimate of drug-likeness (QED) is 0.935. The van der Waals surface area contributed by atoms with E-state index in [4.69, 9.17) is 4.42 Å². The Balaban J connectivity index is 1.85. The van der Waals surface area contributed by atoms with E-state index in [9.17, 15) is 0 Å².